The Kier molecular flexibility index (Phi) is 10.8. The van der Waals surface area contributed by atoms with Crippen LogP contribution in [0.15, 0.2) is 0 Å². The number of rotatable bonds is 14. The minimum atomic E-state index is -2.22. The first-order valence-electron chi connectivity index (χ1n) is 12.2. The number of ether oxygens (including phenoxy) is 2. The molecule has 0 spiro atoms. The summed E-state index contributed by atoms with van der Waals surface area (Å²) >= 11 is 0. The first-order chi connectivity index (χ1) is 15.5. The third-order valence-electron chi connectivity index (χ3n) is 7.57. The first kappa shape index (κ1) is 30.6. The van der Waals surface area contributed by atoms with Crippen molar-refractivity contribution in [3.8, 4) is 0 Å². The van der Waals surface area contributed by atoms with Gasteiger partial charge in [-0.2, -0.15) is 0 Å². The molecule has 0 saturated carbocycles. The van der Waals surface area contributed by atoms with E-state index in [0.29, 0.717) is 6.54 Å². The average molecular weight is 492 g/mol. The summed E-state index contributed by atoms with van der Waals surface area (Å²) in [4.78, 5) is 22.6. The summed E-state index contributed by atoms with van der Waals surface area (Å²) in [5.41, 5.74) is -8.16. The van der Waals surface area contributed by atoms with Crippen LogP contribution in [0.1, 0.15) is 98.8 Å². The molecule has 1 heterocycles. The van der Waals surface area contributed by atoms with Gasteiger partial charge in [-0.05, 0) is 47.5 Å². The predicted octanol–water partition coefficient (Wildman–Crippen LogP) is 2.45. The molecule has 0 bridgehead atoms. The molecule has 1 aliphatic rings. The van der Waals surface area contributed by atoms with Crippen molar-refractivity contribution < 1.29 is 44.6 Å². The number of carboxylic acids is 1. The van der Waals surface area contributed by atoms with Gasteiger partial charge in [0.15, 0.2) is 5.79 Å². The fourth-order valence-electron chi connectivity index (χ4n) is 4.33. The summed E-state index contributed by atoms with van der Waals surface area (Å²) in [6.45, 7) is 6.15. The fraction of sp³-hybridized carbons (Fsp3) is 0.917. The van der Waals surface area contributed by atoms with Gasteiger partial charge in [-0.3, -0.25) is 4.79 Å². The number of hydrogen-bond acceptors (Lipinski definition) is 8. The number of carboxylic acid groups (broad SMARTS) is 1. The summed E-state index contributed by atoms with van der Waals surface area (Å²) in [7, 11) is 0. The van der Waals surface area contributed by atoms with Crippen molar-refractivity contribution in [2.75, 3.05) is 13.2 Å². The van der Waals surface area contributed by atoms with Gasteiger partial charge >= 0.3 is 12.1 Å². The lowest BCUT2D eigenvalue weighted by atomic mass is 9.61. The van der Waals surface area contributed by atoms with E-state index in [1.54, 1.807) is 0 Å². The van der Waals surface area contributed by atoms with Crippen molar-refractivity contribution in [1.29, 1.82) is 0 Å². The maximum absolute atomic E-state index is 12.1. The Morgan fingerprint density at radius 2 is 1.21 bits per heavy atom. The third kappa shape index (κ3) is 7.04. The molecule has 0 aromatic rings. The Balaban J connectivity index is 2.30. The zero-order valence-corrected chi connectivity index (χ0v) is 21.4. The van der Waals surface area contributed by atoms with Gasteiger partial charge in [-0.15, -0.1) is 0 Å². The lowest BCUT2D eigenvalue weighted by Crippen LogP contribution is -2.84. The zero-order chi connectivity index (χ0) is 26.3. The summed E-state index contributed by atoms with van der Waals surface area (Å²) < 4.78 is 10.8. The average Bonchev–Trinajstić information content (AvgIpc) is 2.71. The van der Waals surface area contributed by atoms with Gasteiger partial charge in [0.1, 0.15) is 29.0 Å². The molecule has 34 heavy (non-hydrogen) atoms. The largest absolute Gasteiger partial charge is 0.481 e. The van der Waals surface area contributed by atoms with Crippen molar-refractivity contribution >= 4 is 12.1 Å². The number of nitrogens with one attached hydrogen (secondary N) is 1. The highest BCUT2D eigenvalue weighted by atomic mass is 16.7. The number of hydrogen-bond donors (Lipinski definition) is 6. The van der Waals surface area contributed by atoms with Crippen LogP contribution in [0.25, 0.3) is 0 Å². The normalized spacial score (nSPS) is 35.7. The number of aliphatic carboxylic acids is 1. The molecule has 1 amide bonds. The van der Waals surface area contributed by atoms with E-state index in [9.17, 15) is 30.0 Å². The summed E-state index contributed by atoms with van der Waals surface area (Å²) in [5.74, 6) is -2.96. The second kappa shape index (κ2) is 12.0. The van der Waals surface area contributed by atoms with Crippen LogP contribution in [0.3, 0.4) is 0 Å². The molecule has 5 atom stereocenters. The lowest BCUT2D eigenvalue weighted by molar-refractivity contribution is -0.448. The van der Waals surface area contributed by atoms with Crippen LogP contribution in [-0.4, -0.2) is 78.9 Å². The Bertz CT molecular complexity index is 675. The molecule has 10 nitrogen and oxygen atoms in total. The number of unbranched alkanes of at least 4 members (excludes halogenated alkanes) is 8. The highest BCUT2D eigenvalue weighted by Gasteiger charge is 2.74. The maximum Gasteiger partial charge on any atom is 0.407 e. The minimum Gasteiger partial charge on any atom is -0.481 e. The summed E-state index contributed by atoms with van der Waals surface area (Å²) in [6, 6.07) is 0. The Morgan fingerprint density at radius 3 is 1.71 bits per heavy atom. The molecule has 0 aromatic heterocycles. The molecular formula is C24H45NO9. The Hall–Kier alpha value is -1.46. The second-order valence-electron chi connectivity index (χ2n) is 10.4. The van der Waals surface area contributed by atoms with Crippen LogP contribution < -0.4 is 5.32 Å². The fourth-order valence-corrected chi connectivity index (χ4v) is 4.33. The monoisotopic (exact) mass is 491 g/mol. The smallest absolute Gasteiger partial charge is 0.407 e. The van der Waals surface area contributed by atoms with E-state index in [4.69, 9.17) is 14.6 Å². The van der Waals surface area contributed by atoms with E-state index < -0.39 is 46.9 Å². The lowest BCUT2D eigenvalue weighted by Gasteiger charge is -2.63. The molecule has 0 aliphatic carbocycles. The van der Waals surface area contributed by atoms with Crippen LogP contribution in [-0.2, 0) is 14.3 Å². The molecule has 200 valence electrons. The second-order valence-corrected chi connectivity index (χ2v) is 10.4. The van der Waals surface area contributed by atoms with E-state index in [-0.39, 0.29) is 6.42 Å². The number of carbonyl (C=O) groups is 2. The number of amides is 1. The van der Waals surface area contributed by atoms with Gasteiger partial charge in [0.25, 0.3) is 0 Å². The van der Waals surface area contributed by atoms with Crippen LogP contribution in [0.5, 0.6) is 0 Å². The van der Waals surface area contributed by atoms with Gasteiger partial charge < -0.3 is 40.3 Å². The first-order valence-corrected chi connectivity index (χ1v) is 12.2. The number of aliphatic hydroxyl groups is 4. The van der Waals surface area contributed by atoms with Gasteiger partial charge in [0, 0.05) is 13.0 Å². The van der Waals surface area contributed by atoms with Crippen LogP contribution >= 0.6 is 0 Å². The van der Waals surface area contributed by atoms with Gasteiger partial charge in [0.05, 0.1) is 0 Å². The van der Waals surface area contributed by atoms with Crippen LogP contribution in [0.2, 0.25) is 0 Å². The summed E-state index contributed by atoms with van der Waals surface area (Å²) in [5, 5.41) is 54.4. The maximum atomic E-state index is 12.1. The van der Waals surface area contributed by atoms with E-state index in [1.165, 1.54) is 27.7 Å². The highest BCUT2D eigenvalue weighted by Crippen LogP contribution is 2.52. The Labute approximate surface area is 202 Å². The topological polar surface area (TPSA) is 166 Å². The zero-order valence-electron chi connectivity index (χ0n) is 21.4. The van der Waals surface area contributed by atoms with Crippen molar-refractivity contribution in [2.45, 2.75) is 127 Å². The molecule has 1 fully saturated rings. The molecule has 0 radical (unpaired) electrons. The minimum absolute atomic E-state index is 0.241. The standard InChI is InChI=1S/C24H45NO9/c1-20(21(2,29)22(3,30)23(4,31)24(5,32)34-20)17-33-19(28)25-16-14-12-10-8-6-7-9-11-13-15-18(26)27/h29-32H,6-17H2,1-5H3,(H,25,28)(H,26,27)/t20?,21-,22-,23?,24+/m1/s1. The van der Waals surface area contributed by atoms with E-state index in [1.807, 2.05) is 0 Å². The van der Waals surface area contributed by atoms with Crippen molar-refractivity contribution in [3.63, 3.8) is 0 Å². The quantitative estimate of drug-likeness (QED) is 0.200. The van der Waals surface area contributed by atoms with Gasteiger partial charge in [-0.25, -0.2) is 4.79 Å². The molecular weight excluding hydrogens is 446 g/mol. The predicted molar refractivity (Wildman–Crippen MR) is 125 cm³/mol. The van der Waals surface area contributed by atoms with E-state index in [2.05, 4.69) is 5.32 Å². The van der Waals surface area contributed by atoms with Gasteiger partial charge in [-0.1, -0.05) is 44.9 Å². The number of carbonyl (C=O) groups excluding carboxylic acids is 1. The highest BCUT2D eigenvalue weighted by molar-refractivity contribution is 5.67. The van der Waals surface area contributed by atoms with E-state index in [0.717, 1.165) is 64.7 Å². The van der Waals surface area contributed by atoms with Crippen molar-refractivity contribution in [1.82, 2.24) is 5.32 Å². The molecule has 6 N–H and O–H groups in total. The van der Waals surface area contributed by atoms with Gasteiger partial charge in [0.2, 0.25) is 0 Å². The molecule has 10 heteroatoms. The molecule has 1 saturated heterocycles. The SMILES string of the molecule is CC1(O)[C@@](C)(O)OC(C)(COC(=O)NCCCCCCCCCCCC(=O)O)[C@@](C)(O)[C@@]1(C)O. The summed E-state index contributed by atoms with van der Waals surface area (Å²) in [6.07, 6.45) is 8.36. The van der Waals surface area contributed by atoms with E-state index >= 15 is 0 Å². The molecule has 1 rings (SSSR count). The van der Waals surface area contributed by atoms with Crippen LogP contribution in [0, 0.1) is 0 Å². The third-order valence-corrected chi connectivity index (χ3v) is 7.57. The van der Waals surface area contributed by atoms with Crippen LogP contribution in [0.4, 0.5) is 4.79 Å². The molecule has 0 aromatic carbocycles. The molecule has 2 unspecified atom stereocenters. The Morgan fingerprint density at radius 1 is 0.735 bits per heavy atom. The van der Waals surface area contributed by atoms with Crippen molar-refractivity contribution in [2.24, 2.45) is 0 Å². The number of alkyl carbamates (subject to hydrolysis) is 1. The van der Waals surface area contributed by atoms with Crippen molar-refractivity contribution in [3.05, 3.63) is 0 Å². The molecule has 1 aliphatic heterocycles.